The van der Waals surface area contributed by atoms with Crippen molar-refractivity contribution in [2.24, 2.45) is 0 Å². The van der Waals surface area contributed by atoms with E-state index in [4.69, 9.17) is 10.1 Å². The molecule has 6 aromatic rings. The maximum atomic E-state index is 4.94. The lowest BCUT2D eigenvalue weighted by molar-refractivity contribution is 0.889. The summed E-state index contributed by atoms with van der Waals surface area (Å²) in [4.78, 5) is 9.57. The average Bonchev–Trinajstić information content (AvgIpc) is 3.32. The van der Waals surface area contributed by atoms with Gasteiger partial charge in [-0.15, -0.1) is 0 Å². The number of pyridine rings is 2. The molecule has 0 aliphatic carbocycles. The predicted octanol–water partition coefficient (Wildman–Crippen LogP) is 5.20. The van der Waals surface area contributed by atoms with E-state index >= 15 is 0 Å². The van der Waals surface area contributed by atoms with E-state index in [-0.39, 0.29) is 0 Å². The Labute approximate surface area is 166 Å². The second kappa shape index (κ2) is 6.01. The Hall–Kier alpha value is -3.99. The largest absolute Gasteiger partial charge is 0.276 e. The zero-order chi connectivity index (χ0) is 19.4. The van der Waals surface area contributed by atoms with Crippen molar-refractivity contribution >= 4 is 27.7 Å². The molecule has 138 valence electrons. The highest BCUT2D eigenvalue weighted by Gasteiger charge is 2.20. The van der Waals surface area contributed by atoms with Crippen LogP contribution < -0.4 is 0 Å². The number of hydrogen-bond donors (Lipinski definition) is 0. The van der Waals surface area contributed by atoms with Crippen LogP contribution in [0.15, 0.2) is 85.1 Å². The van der Waals surface area contributed by atoms with Crippen LogP contribution in [0.4, 0.5) is 0 Å². The molecule has 0 atom stereocenters. The Morgan fingerprint density at radius 1 is 0.793 bits per heavy atom. The second-order valence-corrected chi connectivity index (χ2v) is 7.11. The molecule has 0 unspecified atom stereocenters. The summed E-state index contributed by atoms with van der Waals surface area (Å²) in [6, 6.07) is 26.7. The molecule has 0 saturated heterocycles. The van der Waals surface area contributed by atoms with E-state index in [0.717, 1.165) is 50.4 Å². The van der Waals surface area contributed by atoms with Crippen LogP contribution in [0.2, 0.25) is 0 Å². The van der Waals surface area contributed by atoms with Crippen LogP contribution >= 0.6 is 0 Å². The van der Waals surface area contributed by atoms with Crippen molar-refractivity contribution in [3.05, 3.63) is 90.8 Å². The van der Waals surface area contributed by atoms with Gasteiger partial charge < -0.3 is 0 Å². The van der Waals surface area contributed by atoms with Gasteiger partial charge in [-0.3, -0.25) is 4.40 Å². The summed E-state index contributed by atoms with van der Waals surface area (Å²) < 4.78 is 4.15. The Kier molecular flexibility index (Phi) is 3.32. The number of imidazole rings is 1. The topological polar surface area (TPSA) is 48.0 Å². The molecule has 4 aromatic heterocycles. The van der Waals surface area contributed by atoms with Gasteiger partial charge in [-0.2, -0.15) is 5.10 Å². The lowest BCUT2D eigenvalue weighted by atomic mass is 10.1. The van der Waals surface area contributed by atoms with E-state index in [2.05, 4.69) is 51.8 Å². The van der Waals surface area contributed by atoms with E-state index in [1.54, 1.807) is 0 Å². The van der Waals surface area contributed by atoms with Crippen LogP contribution in [-0.2, 0) is 0 Å². The molecule has 0 radical (unpaired) electrons. The highest BCUT2D eigenvalue weighted by atomic mass is 15.3. The van der Waals surface area contributed by atoms with Crippen LogP contribution in [0.25, 0.3) is 44.7 Å². The van der Waals surface area contributed by atoms with Gasteiger partial charge in [0, 0.05) is 6.20 Å². The van der Waals surface area contributed by atoms with Gasteiger partial charge >= 0.3 is 0 Å². The highest BCUT2D eigenvalue weighted by molar-refractivity contribution is 6.01. The fraction of sp³-hybridized carbons (Fsp3) is 0.0417. The maximum absolute atomic E-state index is 4.94. The molecule has 0 bridgehead atoms. The van der Waals surface area contributed by atoms with Crippen molar-refractivity contribution in [2.75, 3.05) is 0 Å². The van der Waals surface area contributed by atoms with Gasteiger partial charge in [-0.25, -0.2) is 14.6 Å². The van der Waals surface area contributed by atoms with Crippen LogP contribution in [0.5, 0.6) is 0 Å². The molecule has 0 amide bonds. The minimum absolute atomic E-state index is 0.857. The Balaban J connectivity index is 1.83. The molecular weight excluding hydrogens is 358 g/mol. The van der Waals surface area contributed by atoms with Crippen LogP contribution in [-0.4, -0.2) is 24.1 Å². The standard InChI is InChI=1S/C24H17N5/c1-16-22-21(29(27-16)18-11-6-3-7-12-18)15-20(17-9-4-2-5-10-17)28-23-19(26-24(22)28)13-8-14-25-23/h2-15H,1H3. The normalized spacial score (nSPS) is 11.6. The number of nitrogens with zero attached hydrogens (tertiary/aromatic N) is 5. The zero-order valence-corrected chi connectivity index (χ0v) is 15.8. The first kappa shape index (κ1) is 16.0. The summed E-state index contributed by atoms with van der Waals surface area (Å²) in [7, 11) is 0. The monoisotopic (exact) mass is 375 g/mol. The molecule has 5 nitrogen and oxygen atoms in total. The third kappa shape index (κ3) is 2.31. The molecule has 0 fully saturated rings. The summed E-state index contributed by atoms with van der Waals surface area (Å²) in [5.41, 5.74) is 7.80. The van der Waals surface area contributed by atoms with Crippen molar-refractivity contribution in [3.8, 4) is 16.9 Å². The average molecular weight is 375 g/mol. The van der Waals surface area contributed by atoms with Crippen molar-refractivity contribution in [2.45, 2.75) is 6.92 Å². The number of aryl methyl sites for hydroxylation is 1. The van der Waals surface area contributed by atoms with Gasteiger partial charge in [-0.1, -0.05) is 48.5 Å². The van der Waals surface area contributed by atoms with E-state index in [0.29, 0.717) is 0 Å². The summed E-state index contributed by atoms with van der Waals surface area (Å²) in [5, 5.41) is 5.91. The molecule has 5 heteroatoms. The van der Waals surface area contributed by atoms with Crippen molar-refractivity contribution in [3.63, 3.8) is 0 Å². The molecule has 0 saturated carbocycles. The first-order valence-electron chi connectivity index (χ1n) is 9.57. The van der Waals surface area contributed by atoms with E-state index in [1.165, 1.54) is 0 Å². The van der Waals surface area contributed by atoms with Gasteiger partial charge in [0.25, 0.3) is 0 Å². The molecule has 6 rings (SSSR count). The number of para-hydroxylation sites is 1. The third-order valence-electron chi connectivity index (χ3n) is 5.32. The third-order valence-corrected chi connectivity index (χ3v) is 5.32. The van der Waals surface area contributed by atoms with Crippen molar-refractivity contribution in [1.29, 1.82) is 0 Å². The van der Waals surface area contributed by atoms with E-state index in [1.807, 2.05) is 54.2 Å². The van der Waals surface area contributed by atoms with Crippen LogP contribution in [0.3, 0.4) is 0 Å². The summed E-state index contributed by atoms with van der Waals surface area (Å²) in [5.74, 6) is 0. The maximum Gasteiger partial charge on any atom is 0.164 e. The molecule has 29 heavy (non-hydrogen) atoms. The molecule has 0 N–H and O–H groups in total. The van der Waals surface area contributed by atoms with E-state index < -0.39 is 0 Å². The number of hydrogen-bond acceptors (Lipinski definition) is 3. The van der Waals surface area contributed by atoms with Gasteiger partial charge in [-0.05, 0) is 42.8 Å². The first-order chi connectivity index (χ1) is 14.3. The quantitative estimate of drug-likeness (QED) is 0.418. The smallest absolute Gasteiger partial charge is 0.164 e. The van der Waals surface area contributed by atoms with Gasteiger partial charge in [0.2, 0.25) is 0 Å². The van der Waals surface area contributed by atoms with Crippen LogP contribution in [0, 0.1) is 6.92 Å². The molecule has 0 aliphatic heterocycles. The second-order valence-electron chi connectivity index (χ2n) is 7.11. The van der Waals surface area contributed by atoms with Gasteiger partial charge in [0.15, 0.2) is 11.3 Å². The molecular formula is C24H17N5. The fourth-order valence-corrected chi connectivity index (χ4v) is 4.04. The number of rotatable bonds is 2. The number of fused-ring (bicyclic) bond motifs is 5. The highest BCUT2D eigenvalue weighted by Crippen LogP contribution is 2.33. The van der Waals surface area contributed by atoms with E-state index in [9.17, 15) is 0 Å². The van der Waals surface area contributed by atoms with Crippen molar-refractivity contribution < 1.29 is 0 Å². The Bertz CT molecular complexity index is 1490. The SMILES string of the molecule is Cc1nn(-c2ccccc2)c2cc(-c3ccccc3)n3c4ncccc4nc3c12. The zero-order valence-electron chi connectivity index (χ0n) is 15.8. The van der Waals surface area contributed by atoms with Gasteiger partial charge in [0.1, 0.15) is 5.52 Å². The molecule has 0 aliphatic rings. The number of aromatic nitrogens is 5. The number of benzene rings is 2. The van der Waals surface area contributed by atoms with Gasteiger partial charge in [0.05, 0.1) is 28.0 Å². The lowest BCUT2D eigenvalue weighted by Crippen LogP contribution is -1.98. The van der Waals surface area contributed by atoms with Crippen LogP contribution in [0.1, 0.15) is 5.69 Å². The summed E-state index contributed by atoms with van der Waals surface area (Å²) in [6.45, 7) is 2.04. The lowest BCUT2D eigenvalue weighted by Gasteiger charge is -2.09. The molecule has 0 spiro atoms. The Morgan fingerprint density at radius 2 is 1.55 bits per heavy atom. The minimum atomic E-state index is 0.857. The summed E-state index contributed by atoms with van der Waals surface area (Å²) in [6.07, 6.45) is 1.82. The first-order valence-corrected chi connectivity index (χ1v) is 9.57. The summed E-state index contributed by atoms with van der Waals surface area (Å²) >= 11 is 0. The van der Waals surface area contributed by atoms with Crippen molar-refractivity contribution in [1.82, 2.24) is 24.1 Å². The predicted molar refractivity (Wildman–Crippen MR) is 115 cm³/mol. The minimum Gasteiger partial charge on any atom is -0.276 e. The molecule has 2 aromatic carbocycles. The molecule has 4 heterocycles. The fourth-order valence-electron chi connectivity index (χ4n) is 4.04. The Morgan fingerprint density at radius 3 is 2.34 bits per heavy atom.